The van der Waals surface area contributed by atoms with Crippen molar-refractivity contribution in [3.8, 4) is 5.75 Å². The molecule has 1 aromatic heterocycles. The van der Waals surface area contributed by atoms with Gasteiger partial charge in [0, 0.05) is 5.39 Å². The van der Waals surface area contributed by atoms with Crippen molar-refractivity contribution in [2.75, 3.05) is 0 Å². The van der Waals surface area contributed by atoms with Crippen LogP contribution in [0.25, 0.3) is 10.9 Å². The predicted molar refractivity (Wildman–Crippen MR) is 72.2 cm³/mol. The Labute approximate surface area is 106 Å². The summed E-state index contributed by atoms with van der Waals surface area (Å²) < 4.78 is 6.05. The minimum atomic E-state index is -0.00125. The van der Waals surface area contributed by atoms with E-state index < -0.39 is 0 Å². The molecule has 0 spiro atoms. The number of hydrogen-bond acceptors (Lipinski definition) is 2. The molecule has 0 saturated heterocycles. The third kappa shape index (κ3) is 1.80. The van der Waals surface area contributed by atoms with E-state index in [-0.39, 0.29) is 11.7 Å². The van der Waals surface area contributed by atoms with E-state index >= 15 is 0 Å². The maximum atomic E-state index is 12.0. The number of aromatic nitrogens is 1. The van der Waals surface area contributed by atoms with Crippen LogP contribution in [0.4, 0.5) is 0 Å². The van der Waals surface area contributed by atoms with Gasteiger partial charge in [-0.25, -0.2) is 0 Å². The molecule has 0 unspecified atom stereocenters. The average Bonchev–Trinajstić information content (AvgIpc) is 2.39. The largest absolute Gasteiger partial charge is 0.489 e. The second-order valence-electron chi connectivity index (χ2n) is 4.87. The quantitative estimate of drug-likeness (QED) is 0.881. The molecule has 94 valence electrons. The van der Waals surface area contributed by atoms with Gasteiger partial charge in [0.1, 0.15) is 5.75 Å². The van der Waals surface area contributed by atoms with Crippen LogP contribution in [-0.2, 0) is 6.42 Å². The normalized spacial score (nSPS) is 18.4. The summed E-state index contributed by atoms with van der Waals surface area (Å²) in [5.41, 5.74) is 1.66. The van der Waals surface area contributed by atoms with Crippen LogP contribution in [-0.4, -0.2) is 11.1 Å². The van der Waals surface area contributed by atoms with Gasteiger partial charge < -0.3 is 9.72 Å². The minimum Gasteiger partial charge on any atom is -0.489 e. The van der Waals surface area contributed by atoms with Crippen molar-refractivity contribution < 1.29 is 4.74 Å². The Bertz CT molecular complexity index is 630. The van der Waals surface area contributed by atoms with Crippen molar-refractivity contribution >= 4 is 10.9 Å². The van der Waals surface area contributed by atoms with Crippen molar-refractivity contribution in [1.82, 2.24) is 4.98 Å². The first-order chi connectivity index (χ1) is 8.79. The van der Waals surface area contributed by atoms with Gasteiger partial charge in [0.05, 0.1) is 17.2 Å². The monoisotopic (exact) mass is 243 g/mol. The van der Waals surface area contributed by atoms with E-state index in [0.717, 1.165) is 47.9 Å². The Kier molecular flexibility index (Phi) is 2.82. The van der Waals surface area contributed by atoms with Crippen LogP contribution in [0.3, 0.4) is 0 Å². The van der Waals surface area contributed by atoms with Crippen molar-refractivity contribution in [3.63, 3.8) is 0 Å². The zero-order chi connectivity index (χ0) is 12.5. The molecule has 1 aliphatic heterocycles. The molecule has 0 aliphatic carbocycles. The molecule has 2 aromatic rings. The van der Waals surface area contributed by atoms with Crippen LogP contribution in [0.1, 0.15) is 31.7 Å². The minimum absolute atomic E-state index is 0.00125. The molecule has 0 bridgehead atoms. The number of pyridine rings is 1. The highest BCUT2D eigenvalue weighted by molar-refractivity contribution is 5.86. The van der Waals surface area contributed by atoms with Crippen LogP contribution >= 0.6 is 0 Å². The summed E-state index contributed by atoms with van der Waals surface area (Å²) in [5.74, 6) is 0.805. The standard InChI is InChI=1S/C15H17NO2/c1-2-5-10-8-9-12-14(18-10)11-6-3-4-7-13(11)16-15(12)17/h3-4,6-7,10H,2,5,8-9H2,1H3,(H,16,17)/t10-/m1/s1. The second kappa shape index (κ2) is 4.48. The molecule has 3 heteroatoms. The Balaban J connectivity index is 2.16. The highest BCUT2D eigenvalue weighted by Crippen LogP contribution is 2.32. The number of ether oxygens (including phenoxy) is 1. The zero-order valence-corrected chi connectivity index (χ0v) is 10.5. The fourth-order valence-corrected chi connectivity index (χ4v) is 2.67. The lowest BCUT2D eigenvalue weighted by molar-refractivity contribution is 0.165. The van der Waals surface area contributed by atoms with Crippen LogP contribution in [0.5, 0.6) is 5.75 Å². The van der Waals surface area contributed by atoms with Crippen molar-refractivity contribution in [1.29, 1.82) is 0 Å². The van der Waals surface area contributed by atoms with Gasteiger partial charge in [-0.15, -0.1) is 0 Å². The molecular weight excluding hydrogens is 226 g/mol. The average molecular weight is 243 g/mol. The first-order valence-electron chi connectivity index (χ1n) is 6.60. The summed E-state index contributed by atoms with van der Waals surface area (Å²) in [7, 11) is 0. The highest BCUT2D eigenvalue weighted by Gasteiger charge is 2.23. The molecule has 3 nitrogen and oxygen atoms in total. The van der Waals surface area contributed by atoms with E-state index in [2.05, 4.69) is 11.9 Å². The lowest BCUT2D eigenvalue weighted by atomic mass is 9.99. The Hall–Kier alpha value is -1.77. The Morgan fingerprint density at radius 3 is 3.06 bits per heavy atom. The number of aromatic amines is 1. The number of para-hydroxylation sites is 1. The van der Waals surface area contributed by atoms with E-state index in [0.29, 0.717) is 0 Å². The van der Waals surface area contributed by atoms with E-state index in [1.165, 1.54) is 0 Å². The summed E-state index contributed by atoms with van der Waals surface area (Å²) >= 11 is 0. The topological polar surface area (TPSA) is 42.1 Å². The van der Waals surface area contributed by atoms with Crippen molar-refractivity contribution in [2.24, 2.45) is 0 Å². The van der Waals surface area contributed by atoms with Gasteiger partial charge in [-0.1, -0.05) is 25.5 Å². The molecule has 2 heterocycles. The first kappa shape index (κ1) is 11.3. The van der Waals surface area contributed by atoms with Gasteiger partial charge in [-0.05, 0) is 31.4 Å². The third-order valence-corrected chi connectivity index (χ3v) is 3.58. The Morgan fingerprint density at radius 1 is 1.39 bits per heavy atom. The second-order valence-corrected chi connectivity index (χ2v) is 4.87. The zero-order valence-electron chi connectivity index (χ0n) is 10.5. The molecule has 1 aliphatic rings. The van der Waals surface area contributed by atoms with Crippen LogP contribution in [0.15, 0.2) is 29.1 Å². The van der Waals surface area contributed by atoms with Crippen LogP contribution < -0.4 is 10.3 Å². The van der Waals surface area contributed by atoms with Crippen LogP contribution in [0.2, 0.25) is 0 Å². The molecule has 18 heavy (non-hydrogen) atoms. The van der Waals surface area contributed by atoms with Gasteiger partial charge in [0.15, 0.2) is 0 Å². The van der Waals surface area contributed by atoms with E-state index in [1.54, 1.807) is 0 Å². The van der Waals surface area contributed by atoms with Gasteiger partial charge in [-0.3, -0.25) is 4.79 Å². The highest BCUT2D eigenvalue weighted by atomic mass is 16.5. The fourth-order valence-electron chi connectivity index (χ4n) is 2.67. The maximum Gasteiger partial charge on any atom is 0.255 e. The molecule has 1 atom stereocenters. The van der Waals surface area contributed by atoms with E-state index in [9.17, 15) is 4.79 Å². The van der Waals surface area contributed by atoms with E-state index in [4.69, 9.17) is 4.74 Å². The summed E-state index contributed by atoms with van der Waals surface area (Å²) in [5, 5.41) is 1.02. The smallest absolute Gasteiger partial charge is 0.255 e. The summed E-state index contributed by atoms with van der Waals surface area (Å²) in [6.45, 7) is 2.16. The molecule has 0 radical (unpaired) electrons. The van der Waals surface area contributed by atoms with Gasteiger partial charge in [0.2, 0.25) is 0 Å². The van der Waals surface area contributed by atoms with Crippen LogP contribution in [0, 0.1) is 0 Å². The molecule has 0 fully saturated rings. The molecular formula is C15H17NO2. The summed E-state index contributed by atoms with van der Waals surface area (Å²) in [6, 6.07) is 7.84. The molecule has 1 aromatic carbocycles. The third-order valence-electron chi connectivity index (χ3n) is 3.58. The number of rotatable bonds is 2. The number of fused-ring (bicyclic) bond motifs is 3. The SMILES string of the molecule is CCC[C@@H]1CCc2c(c3ccccc3[nH]c2=O)O1. The predicted octanol–water partition coefficient (Wildman–Crippen LogP) is 3.02. The lowest BCUT2D eigenvalue weighted by Gasteiger charge is -2.26. The number of benzene rings is 1. The summed E-state index contributed by atoms with van der Waals surface area (Å²) in [6.07, 6.45) is 4.19. The van der Waals surface area contributed by atoms with E-state index in [1.807, 2.05) is 24.3 Å². The molecule has 0 amide bonds. The number of hydrogen-bond donors (Lipinski definition) is 1. The lowest BCUT2D eigenvalue weighted by Crippen LogP contribution is -2.27. The Morgan fingerprint density at radius 2 is 2.22 bits per heavy atom. The molecule has 3 rings (SSSR count). The number of nitrogens with one attached hydrogen (secondary N) is 1. The molecule has 0 saturated carbocycles. The van der Waals surface area contributed by atoms with Gasteiger partial charge >= 0.3 is 0 Å². The van der Waals surface area contributed by atoms with Crippen molar-refractivity contribution in [2.45, 2.75) is 38.7 Å². The maximum absolute atomic E-state index is 12.0. The fraction of sp³-hybridized carbons (Fsp3) is 0.400. The number of H-pyrrole nitrogens is 1. The van der Waals surface area contributed by atoms with Gasteiger partial charge in [-0.2, -0.15) is 0 Å². The van der Waals surface area contributed by atoms with Crippen molar-refractivity contribution in [3.05, 3.63) is 40.2 Å². The van der Waals surface area contributed by atoms with Gasteiger partial charge in [0.25, 0.3) is 5.56 Å². The first-order valence-corrected chi connectivity index (χ1v) is 6.60. The summed E-state index contributed by atoms with van der Waals surface area (Å²) in [4.78, 5) is 14.9. The molecule has 1 N–H and O–H groups in total.